The number of phosphoric acid groups is 1. The largest absolute Gasteiger partial charge is 1.00 e. The van der Waals surface area contributed by atoms with Gasteiger partial charge in [-0.1, -0.05) is 54.6 Å². The zero-order valence-corrected chi connectivity index (χ0v) is 19.9. The van der Waals surface area contributed by atoms with Crippen LogP contribution in [0.4, 0.5) is 16.2 Å². The van der Waals surface area contributed by atoms with Gasteiger partial charge in [0, 0.05) is 17.8 Å². The molecule has 2 N–H and O–H groups in total. The fraction of sp³-hybridized carbons (Fsp3) is 0.136. The monoisotopic (exact) mass is 446 g/mol. The van der Waals surface area contributed by atoms with Crippen molar-refractivity contribution >= 4 is 25.2 Å². The second-order valence-corrected chi connectivity index (χ2v) is 8.17. The van der Waals surface area contributed by atoms with E-state index >= 15 is 0 Å². The van der Waals surface area contributed by atoms with Gasteiger partial charge < -0.3 is 24.6 Å². The number of rotatable bonds is 4. The van der Waals surface area contributed by atoms with Crippen molar-refractivity contribution in [3.05, 3.63) is 84.4 Å². The Bertz CT molecular complexity index is 1060. The molecular weight excluding hydrogens is 426 g/mol. The molecule has 1 aliphatic rings. The van der Waals surface area contributed by atoms with E-state index in [1.54, 1.807) is 0 Å². The Morgan fingerprint density at radius 2 is 1.42 bits per heavy atom. The van der Waals surface area contributed by atoms with Gasteiger partial charge in [-0.25, -0.2) is 4.79 Å². The number of anilines is 2. The number of amides is 2. The van der Waals surface area contributed by atoms with Crippen LogP contribution in [0.25, 0.3) is 11.1 Å². The molecule has 9 heteroatoms. The van der Waals surface area contributed by atoms with Crippen molar-refractivity contribution in [1.29, 1.82) is 0 Å². The molecule has 2 amide bonds. The Morgan fingerprint density at radius 3 is 2.00 bits per heavy atom. The Kier molecular flexibility index (Phi) is 8.08. The molecule has 0 aromatic heterocycles. The quantitative estimate of drug-likeness (QED) is 0.472. The Labute approximate surface area is 202 Å². The summed E-state index contributed by atoms with van der Waals surface area (Å²) in [5.41, 5.74) is 4.11. The smallest absolute Gasteiger partial charge is 0.756 e. The van der Waals surface area contributed by atoms with Crippen LogP contribution in [0.15, 0.2) is 78.9 Å². The minimum absolute atomic E-state index is 0. The minimum atomic E-state index is -4.21. The van der Waals surface area contributed by atoms with Crippen LogP contribution in [0.5, 0.6) is 0 Å². The molecule has 1 saturated heterocycles. The number of benzene rings is 3. The second kappa shape index (κ2) is 10.6. The molecule has 0 spiro atoms. The van der Waals surface area contributed by atoms with Gasteiger partial charge in [0.25, 0.3) is 7.82 Å². The molecule has 31 heavy (non-hydrogen) atoms. The summed E-state index contributed by atoms with van der Waals surface area (Å²) in [6.07, 6.45) is -0.0393. The predicted octanol–water partition coefficient (Wildman–Crippen LogP) is 1.95. The van der Waals surface area contributed by atoms with Gasteiger partial charge in [-0.15, -0.1) is 0 Å². The summed E-state index contributed by atoms with van der Waals surface area (Å²) in [4.78, 5) is 23.6. The van der Waals surface area contributed by atoms with E-state index in [1.807, 2.05) is 78.9 Å². The molecule has 4 rings (SSSR count). The maximum absolute atomic E-state index is 12.1. The fourth-order valence-corrected chi connectivity index (χ4v) is 4.12. The number of carbonyl (C=O) groups excluding carboxylic acids is 1. The van der Waals surface area contributed by atoms with Gasteiger partial charge in [0.2, 0.25) is 0 Å². The number of nitrogens with one attached hydrogen (secondary N) is 2. The van der Waals surface area contributed by atoms with Crippen LogP contribution >= 0.6 is 7.82 Å². The van der Waals surface area contributed by atoms with Gasteiger partial charge >= 0.3 is 35.6 Å². The molecule has 0 radical (unpaired) electrons. The zero-order chi connectivity index (χ0) is 21.0. The second-order valence-electron chi connectivity index (χ2n) is 6.81. The maximum Gasteiger partial charge on any atom is 1.00 e. The standard InChI is InChI=1S/C22H21N2O5P.Na/c25-22(23-19-4-2-1-3-5-19)24-20-12-10-17(11-13-20)16-6-8-18(9-7-16)21-14-15-28-30(26,27)29-21;/h1-13,21H,14-15H2,(H,26,27)(H2,23,24,25);/q;+1/p-1. The molecule has 0 bridgehead atoms. The van der Waals surface area contributed by atoms with Crippen LogP contribution in [0.2, 0.25) is 0 Å². The Hall–Kier alpha value is -1.96. The van der Waals surface area contributed by atoms with E-state index in [4.69, 9.17) is 4.52 Å². The molecular formula is C22H20N2NaO5P. The van der Waals surface area contributed by atoms with E-state index in [9.17, 15) is 14.3 Å². The summed E-state index contributed by atoms with van der Waals surface area (Å²) < 4.78 is 21.1. The van der Waals surface area contributed by atoms with Gasteiger partial charge in [-0.2, -0.15) is 0 Å². The summed E-state index contributed by atoms with van der Waals surface area (Å²) in [7, 11) is -4.21. The molecule has 0 saturated carbocycles. The fourth-order valence-electron chi connectivity index (χ4n) is 3.19. The van der Waals surface area contributed by atoms with Crippen molar-refractivity contribution in [3.63, 3.8) is 0 Å². The van der Waals surface area contributed by atoms with Gasteiger partial charge in [-0.3, -0.25) is 4.57 Å². The van der Waals surface area contributed by atoms with Crippen LogP contribution in [0, 0.1) is 0 Å². The summed E-state index contributed by atoms with van der Waals surface area (Å²) in [6.45, 7) is 0.125. The van der Waals surface area contributed by atoms with Gasteiger partial charge in [0.1, 0.15) is 0 Å². The average Bonchev–Trinajstić information content (AvgIpc) is 2.74. The first-order valence-electron chi connectivity index (χ1n) is 9.46. The number of hydrogen-bond acceptors (Lipinski definition) is 5. The van der Waals surface area contributed by atoms with Crippen LogP contribution in [-0.4, -0.2) is 12.6 Å². The molecule has 2 unspecified atom stereocenters. The first-order chi connectivity index (χ1) is 14.5. The van der Waals surface area contributed by atoms with E-state index in [2.05, 4.69) is 15.2 Å². The molecule has 0 aliphatic carbocycles. The first kappa shape index (κ1) is 23.7. The number of phosphoric ester groups is 1. The third-order valence-electron chi connectivity index (χ3n) is 4.68. The molecule has 1 heterocycles. The van der Waals surface area contributed by atoms with Gasteiger partial charge in [-0.05, 0) is 41.0 Å². The SMILES string of the molecule is O=C(Nc1ccccc1)Nc1ccc(-c2ccc(C3CCOP(=O)([O-])O3)cc2)cc1.[Na+]. The van der Waals surface area contributed by atoms with E-state index < -0.39 is 13.9 Å². The molecule has 7 nitrogen and oxygen atoms in total. The van der Waals surface area contributed by atoms with Crippen molar-refractivity contribution < 1.29 is 52.9 Å². The summed E-state index contributed by atoms with van der Waals surface area (Å²) in [5, 5.41) is 5.56. The molecule has 1 aliphatic heterocycles. The van der Waals surface area contributed by atoms with Crippen LogP contribution < -0.4 is 45.1 Å². The van der Waals surface area contributed by atoms with Crippen molar-refractivity contribution in [3.8, 4) is 11.1 Å². The van der Waals surface area contributed by atoms with Crippen LogP contribution in [0.3, 0.4) is 0 Å². The van der Waals surface area contributed by atoms with E-state index in [-0.39, 0.29) is 42.2 Å². The topological polar surface area (TPSA) is 99.7 Å². The van der Waals surface area contributed by atoms with Crippen LogP contribution in [0.1, 0.15) is 18.1 Å². The van der Waals surface area contributed by atoms with Gasteiger partial charge in [0.15, 0.2) is 0 Å². The average molecular weight is 446 g/mol. The maximum atomic E-state index is 12.1. The van der Waals surface area contributed by atoms with Crippen molar-refractivity contribution in [2.45, 2.75) is 12.5 Å². The number of urea groups is 1. The van der Waals surface area contributed by atoms with Crippen molar-refractivity contribution in [2.24, 2.45) is 0 Å². The van der Waals surface area contributed by atoms with Crippen molar-refractivity contribution in [2.75, 3.05) is 17.2 Å². The number of para-hydroxylation sites is 1. The number of hydrogen-bond donors (Lipinski definition) is 2. The number of carbonyl (C=O) groups is 1. The summed E-state index contributed by atoms with van der Waals surface area (Å²) in [6, 6.07) is 23.9. The molecule has 2 atom stereocenters. The summed E-state index contributed by atoms with van der Waals surface area (Å²) in [5.74, 6) is 0. The van der Waals surface area contributed by atoms with Crippen LogP contribution in [-0.2, 0) is 13.6 Å². The predicted molar refractivity (Wildman–Crippen MR) is 113 cm³/mol. The Morgan fingerprint density at radius 1 is 0.871 bits per heavy atom. The Balaban J connectivity index is 0.00000272. The zero-order valence-electron chi connectivity index (χ0n) is 17.0. The third-order valence-corrected chi connectivity index (χ3v) is 5.69. The molecule has 3 aromatic rings. The van der Waals surface area contributed by atoms with E-state index in [1.165, 1.54) is 0 Å². The van der Waals surface area contributed by atoms with Crippen molar-refractivity contribution in [1.82, 2.24) is 0 Å². The molecule has 154 valence electrons. The third kappa shape index (κ3) is 6.51. The van der Waals surface area contributed by atoms with E-state index in [0.717, 1.165) is 16.7 Å². The minimum Gasteiger partial charge on any atom is -0.756 e. The van der Waals surface area contributed by atoms with E-state index in [0.29, 0.717) is 17.8 Å². The molecule has 1 fully saturated rings. The molecule has 3 aromatic carbocycles. The normalized spacial score (nSPS) is 20.4. The first-order valence-corrected chi connectivity index (χ1v) is 10.9. The van der Waals surface area contributed by atoms with Gasteiger partial charge in [0.05, 0.1) is 12.7 Å². The summed E-state index contributed by atoms with van der Waals surface area (Å²) >= 11 is 0.